The lowest BCUT2D eigenvalue weighted by molar-refractivity contribution is -0.161. The van der Waals surface area contributed by atoms with Crippen molar-refractivity contribution in [2.75, 3.05) is 13.2 Å². The highest BCUT2D eigenvalue weighted by Crippen LogP contribution is 2.36. The number of phosphoric acid groups is 1. The van der Waals surface area contributed by atoms with Crippen molar-refractivity contribution in [2.45, 2.75) is 174 Å². The predicted octanol–water partition coefficient (Wildman–Crippen LogP) is 12.3. The average molecular weight is 749 g/mol. The Morgan fingerprint density at radius 1 is 0.500 bits per heavy atom. The van der Waals surface area contributed by atoms with Crippen molar-refractivity contribution in [1.82, 2.24) is 0 Å². The van der Waals surface area contributed by atoms with Crippen molar-refractivity contribution in [3.05, 3.63) is 72.9 Å². The molecule has 0 aromatic heterocycles. The summed E-state index contributed by atoms with van der Waals surface area (Å²) in [7, 11) is -4.78. The molecule has 0 saturated heterocycles. The topological polar surface area (TPSA) is 119 Å². The number of phosphoric ester groups is 1. The van der Waals surface area contributed by atoms with Gasteiger partial charge in [0.05, 0.1) is 6.61 Å². The maximum Gasteiger partial charge on any atom is 0.469 e. The average Bonchev–Trinajstić information content (AvgIpc) is 3.11. The molecule has 0 fully saturated rings. The quantitative estimate of drug-likeness (QED) is 0.0281. The molecule has 0 spiro atoms. The highest BCUT2D eigenvalue weighted by Gasteiger charge is 2.22. The standard InChI is InChI=1S/C43H73O8P/c1-3-5-7-9-11-13-15-17-19-21-23-25-27-29-31-33-35-37-42(44)49-39-41(40-50-52(46,47)48)51-43(45)38-36-34-32-30-28-26-24-22-20-18-16-14-12-10-8-6-4-2/h11,13,17,19,23-26,29-32,41H,3-10,12,14-16,18,20-22,27-28,33-40H2,1-2H3,(H2,46,47,48)/b13-11+,19-17+,25-23+,26-24+,31-29+,32-30+/t41-/m1/s1. The number of carbonyl (C=O) groups excluding carboxylic acids is 2. The minimum atomic E-state index is -4.78. The molecule has 9 heteroatoms. The van der Waals surface area contributed by atoms with Crippen molar-refractivity contribution in [3.63, 3.8) is 0 Å². The number of carbonyl (C=O) groups is 2. The van der Waals surface area contributed by atoms with Crippen LogP contribution in [0.15, 0.2) is 72.9 Å². The maximum atomic E-state index is 12.4. The summed E-state index contributed by atoms with van der Waals surface area (Å²) >= 11 is 0. The van der Waals surface area contributed by atoms with Crippen molar-refractivity contribution < 1.29 is 37.9 Å². The van der Waals surface area contributed by atoms with Gasteiger partial charge >= 0.3 is 19.8 Å². The van der Waals surface area contributed by atoms with Crippen LogP contribution >= 0.6 is 7.82 Å². The lowest BCUT2D eigenvalue weighted by Gasteiger charge is -2.18. The van der Waals surface area contributed by atoms with E-state index >= 15 is 0 Å². The summed E-state index contributed by atoms with van der Waals surface area (Å²) < 4.78 is 26.2. The van der Waals surface area contributed by atoms with Gasteiger partial charge < -0.3 is 19.3 Å². The molecule has 0 saturated carbocycles. The second-order valence-corrected chi connectivity index (χ2v) is 14.5. The van der Waals surface area contributed by atoms with E-state index in [1.54, 1.807) is 0 Å². The fraction of sp³-hybridized carbons (Fsp3) is 0.674. The van der Waals surface area contributed by atoms with Gasteiger partial charge in [-0.15, -0.1) is 0 Å². The van der Waals surface area contributed by atoms with Crippen LogP contribution in [-0.2, 0) is 28.2 Å². The van der Waals surface area contributed by atoms with Crippen LogP contribution in [0.1, 0.15) is 168 Å². The number of rotatable bonds is 36. The summed E-state index contributed by atoms with van der Waals surface area (Å²) in [6.07, 6.45) is 49.2. The SMILES string of the molecule is CCCCC/C=C/C/C=C/C/C=C/C/C=C/CCCC(=O)OC[C@H](COP(=O)(O)O)OC(=O)CCC/C=C/C/C=C/CCCCCCCCCCC. The second kappa shape index (κ2) is 38.2. The first-order valence-corrected chi connectivity index (χ1v) is 21.8. The molecule has 2 N–H and O–H groups in total. The monoisotopic (exact) mass is 749 g/mol. The van der Waals surface area contributed by atoms with Crippen LogP contribution in [0.5, 0.6) is 0 Å². The van der Waals surface area contributed by atoms with Gasteiger partial charge in [-0.3, -0.25) is 14.1 Å². The highest BCUT2D eigenvalue weighted by molar-refractivity contribution is 7.46. The van der Waals surface area contributed by atoms with Gasteiger partial charge in [0.2, 0.25) is 0 Å². The first kappa shape index (κ1) is 49.5. The molecule has 1 atom stereocenters. The molecule has 0 bridgehead atoms. The number of allylic oxidation sites excluding steroid dienone is 12. The zero-order valence-electron chi connectivity index (χ0n) is 32.7. The Morgan fingerprint density at radius 3 is 1.33 bits per heavy atom. The van der Waals surface area contributed by atoms with E-state index in [0.717, 1.165) is 38.5 Å². The number of hydrogen-bond acceptors (Lipinski definition) is 6. The fourth-order valence-electron chi connectivity index (χ4n) is 5.17. The molecule has 0 heterocycles. The Hall–Kier alpha value is -2.51. The first-order valence-electron chi connectivity index (χ1n) is 20.2. The third-order valence-electron chi connectivity index (χ3n) is 8.20. The van der Waals surface area contributed by atoms with Gasteiger partial charge in [-0.05, 0) is 77.0 Å². The molecule has 0 aliphatic rings. The molecule has 0 aromatic rings. The number of esters is 2. The highest BCUT2D eigenvalue weighted by atomic mass is 31.2. The van der Waals surface area contributed by atoms with Crippen LogP contribution in [0.3, 0.4) is 0 Å². The number of hydrogen-bond donors (Lipinski definition) is 2. The van der Waals surface area contributed by atoms with Crippen LogP contribution in [0, 0.1) is 0 Å². The molecule has 0 unspecified atom stereocenters. The molecule has 0 aliphatic carbocycles. The number of unbranched alkanes of at least 4 members (excludes halogenated alkanes) is 14. The molecule has 52 heavy (non-hydrogen) atoms. The lowest BCUT2D eigenvalue weighted by atomic mass is 10.1. The summed E-state index contributed by atoms with van der Waals surface area (Å²) in [4.78, 5) is 42.7. The summed E-state index contributed by atoms with van der Waals surface area (Å²) in [5.41, 5.74) is 0. The smallest absolute Gasteiger partial charge is 0.462 e. The largest absolute Gasteiger partial charge is 0.469 e. The summed E-state index contributed by atoms with van der Waals surface area (Å²) in [6.45, 7) is 3.56. The van der Waals surface area contributed by atoms with E-state index in [9.17, 15) is 14.2 Å². The van der Waals surface area contributed by atoms with E-state index in [4.69, 9.17) is 19.3 Å². The summed E-state index contributed by atoms with van der Waals surface area (Å²) in [5.74, 6) is -1.01. The van der Waals surface area contributed by atoms with E-state index in [2.05, 4.69) is 79.1 Å². The zero-order chi connectivity index (χ0) is 38.2. The van der Waals surface area contributed by atoms with Crippen molar-refractivity contribution in [2.24, 2.45) is 0 Å². The van der Waals surface area contributed by atoms with Gasteiger partial charge in [-0.1, -0.05) is 151 Å². The van der Waals surface area contributed by atoms with Crippen molar-refractivity contribution in [1.29, 1.82) is 0 Å². The Balaban J connectivity index is 4.11. The van der Waals surface area contributed by atoms with E-state index < -0.39 is 32.5 Å². The van der Waals surface area contributed by atoms with Crippen LogP contribution < -0.4 is 0 Å². The zero-order valence-corrected chi connectivity index (χ0v) is 33.6. The molecule has 0 rings (SSSR count). The van der Waals surface area contributed by atoms with Gasteiger partial charge in [0.1, 0.15) is 6.61 Å². The van der Waals surface area contributed by atoms with Crippen molar-refractivity contribution >= 4 is 19.8 Å². The van der Waals surface area contributed by atoms with Crippen LogP contribution in [0.25, 0.3) is 0 Å². The minimum Gasteiger partial charge on any atom is -0.462 e. The van der Waals surface area contributed by atoms with E-state index in [1.165, 1.54) is 83.5 Å². The molecule has 0 amide bonds. The number of ether oxygens (including phenoxy) is 2. The van der Waals surface area contributed by atoms with Gasteiger partial charge in [0.15, 0.2) is 6.10 Å². The molecule has 0 aromatic carbocycles. The Morgan fingerprint density at radius 2 is 0.865 bits per heavy atom. The van der Waals surface area contributed by atoms with Gasteiger partial charge in [-0.25, -0.2) is 4.57 Å². The van der Waals surface area contributed by atoms with Gasteiger partial charge in [-0.2, -0.15) is 0 Å². The van der Waals surface area contributed by atoms with Crippen molar-refractivity contribution in [3.8, 4) is 0 Å². The third-order valence-corrected chi connectivity index (χ3v) is 8.68. The Bertz CT molecular complexity index is 1070. The molecule has 298 valence electrons. The fourth-order valence-corrected chi connectivity index (χ4v) is 5.53. The van der Waals surface area contributed by atoms with E-state index in [-0.39, 0.29) is 19.4 Å². The van der Waals surface area contributed by atoms with Gasteiger partial charge in [0.25, 0.3) is 0 Å². The first-order chi connectivity index (χ1) is 25.3. The normalized spacial score (nSPS) is 13.2. The second-order valence-electron chi connectivity index (χ2n) is 13.2. The maximum absolute atomic E-state index is 12.4. The van der Waals surface area contributed by atoms with Crippen LogP contribution in [-0.4, -0.2) is 41.0 Å². The summed E-state index contributed by atoms with van der Waals surface area (Å²) in [6, 6.07) is 0. The summed E-state index contributed by atoms with van der Waals surface area (Å²) in [5, 5.41) is 0. The third kappa shape index (κ3) is 40.3. The van der Waals surface area contributed by atoms with E-state index in [0.29, 0.717) is 19.3 Å². The van der Waals surface area contributed by atoms with Crippen LogP contribution in [0.4, 0.5) is 0 Å². The molecular weight excluding hydrogens is 675 g/mol. The molecule has 8 nitrogen and oxygen atoms in total. The predicted molar refractivity (Wildman–Crippen MR) is 216 cm³/mol. The molecular formula is C43H73O8P. The Labute approximate surface area is 317 Å². The van der Waals surface area contributed by atoms with Crippen LogP contribution in [0.2, 0.25) is 0 Å². The lowest BCUT2D eigenvalue weighted by Crippen LogP contribution is -2.29. The van der Waals surface area contributed by atoms with Gasteiger partial charge in [0, 0.05) is 12.8 Å². The van der Waals surface area contributed by atoms with E-state index in [1.807, 2.05) is 12.2 Å². The molecule has 0 radical (unpaired) electrons. The Kier molecular flexibility index (Phi) is 36.4. The minimum absolute atomic E-state index is 0.133. The molecule has 0 aliphatic heterocycles.